The summed E-state index contributed by atoms with van der Waals surface area (Å²) in [5.41, 5.74) is 0.628. The molecule has 1 unspecified atom stereocenters. The molecule has 0 saturated heterocycles. The van der Waals surface area contributed by atoms with Crippen molar-refractivity contribution >= 4 is 10.8 Å². The third-order valence-corrected chi connectivity index (χ3v) is 5.57. The Morgan fingerprint density at radius 3 is 2.32 bits per heavy atom. The third kappa shape index (κ3) is 3.34. The van der Waals surface area contributed by atoms with Crippen LogP contribution in [-0.2, 0) is 10.8 Å². The molecule has 0 spiro atoms. The highest BCUT2D eigenvalue weighted by atomic mass is 32.2. The number of hydrogen-bond donors (Lipinski definition) is 1. The van der Waals surface area contributed by atoms with Gasteiger partial charge in [-0.2, -0.15) is 0 Å². The molecule has 1 rings (SSSR count). The first-order valence-electron chi connectivity index (χ1n) is 6.72. The second kappa shape index (κ2) is 6.49. The molecule has 0 amide bonds. The van der Waals surface area contributed by atoms with Crippen molar-refractivity contribution in [3.05, 3.63) is 41.3 Å². The van der Waals surface area contributed by atoms with Crippen LogP contribution in [-0.4, -0.2) is 15.4 Å². The topological polar surface area (TPSA) is 37.3 Å². The normalized spacial score (nSPS) is 17.5. The summed E-state index contributed by atoms with van der Waals surface area (Å²) >= 11 is 0. The summed E-state index contributed by atoms with van der Waals surface area (Å²) in [6.07, 6.45) is 0.840. The van der Waals surface area contributed by atoms with Crippen LogP contribution in [0.15, 0.2) is 40.6 Å². The van der Waals surface area contributed by atoms with Crippen molar-refractivity contribution < 1.29 is 9.32 Å². The van der Waals surface area contributed by atoms with Gasteiger partial charge >= 0.3 is 0 Å². The first kappa shape index (κ1) is 16.1. The lowest BCUT2D eigenvalue weighted by Crippen LogP contribution is -2.34. The van der Waals surface area contributed by atoms with E-state index in [-0.39, 0.29) is 0 Å². The Morgan fingerprint density at radius 2 is 1.89 bits per heavy atom. The number of aryl methyl sites for hydroxylation is 1. The lowest BCUT2D eigenvalue weighted by Gasteiger charge is -2.34. The minimum Gasteiger partial charge on any atom is -0.392 e. The van der Waals surface area contributed by atoms with E-state index < -0.39 is 22.3 Å². The van der Waals surface area contributed by atoms with Gasteiger partial charge in [-0.3, -0.25) is 0 Å². The third-order valence-electron chi connectivity index (χ3n) is 3.95. The van der Waals surface area contributed by atoms with Crippen molar-refractivity contribution in [1.29, 1.82) is 0 Å². The number of hydrogen-bond acceptors (Lipinski definition) is 2. The summed E-state index contributed by atoms with van der Waals surface area (Å²) in [5.74, 6) is 0. The molecule has 1 N–H and O–H groups in total. The van der Waals surface area contributed by atoms with E-state index >= 15 is 0 Å². The molecule has 19 heavy (non-hydrogen) atoms. The lowest BCUT2D eigenvalue weighted by molar-refractivity contribution is 0.0618. The zero-order valence-corrected chi connectivity index (χ0v) is 13.1. The van der Waals surface area contributed by atoms with Gasteiger partial charge in [-0.05, 0) is 31.9 Å². The summed E-state index contributed by atoms with van der Waals surface area (Å²) in [4.78, 5) is 1.35. The number of benzene rings is 1. The second-order valence-electron chi connectivity index (χ2n) is 5.20. The van der Waals surface area contributed by atoms with E-state index in [1.54, 1.807) is 0 Å². The molecule has 0 aliphatic heterocycles. The Bertz CT molecular complexity index is 464. The highest BCUT2D eigenvalue weighted by molar-refractivity contribution is 7.89. The summed E-state index contributed by atoms with van der Waals surface area (Å²) in [5, 5.41) is 10.2. The van der Waals surface area contributed by atoms with Crippen molar-refractivity contribution in [1.82, 2.24) is 0 Å². The molecule has 0 radical (unpaired) electrons. The van der Waals surface area contributed by atoms with Crippen LogP contribution < -0.4 is 0 Å². The van der Waals surface area contributed by atoms with Crippen molar-refractivity contribution in [2.24, 2.45) is 5.41 Å². The van der Waals surface area contributed by atoms with Crippen LogP contribution in [0.25, 0.3) is 0 Å². The summed E-state index contributed by atoms with van der Waals surface area (Å²) < 4.78 is 12.6. The molecule has 0 aromatic heterocycles. The molecular formula is C16H24O2S. The fraction of sp³-hybridized carbons (Fsp3) is 0.500. The first-order chi connectivity index (χ1) is 8.86. The highest BCUT2D eigenvalue weighted by Crippen LogP contribution is 2.38. The summed E-state index contributed by atoms with van der Waals surface area (Å²) in [6.45, 7) is 11.9. The van der Waals surface area contributed by atoms with Gasteiger partial charge in [-0.15, -0.1) is 0 Å². The molecule has 0 saturated carbocycles. The van der Waals surface area contributed by atoms with Crippen LogP contribution in [0.4, 0.5) is 0 Å². The first-order valence-corrected chi connectivity index (χ1v) is 7.87. The minimum atomic E-state index is -1.28. The molecule has 3 atom stereocenters. The van der Waals surface area contributed by atoms with Gasteiger partial charge in [0.1, 0.15) is 0 Å². The Morgan fingerprint density at radius 1 is 1.37 bits per heavy atom. The molecule has 3 heteroatoms. The van der Waals surface area contributed by atoms with Crippen molar-refractivity contribution in [3.8, 4) is 0 Å². The Balaban J connectivity index is 3.04. The predicted molar refractivity (Wildman–Crippen MR) is 81.4 cm³/mol. The Hall–Kier alpha value is -0.930. The van der Waals surface area contributed by atoms with Crippen molar-refractivity contribution in [2.75, 3.05) is 0 Å². The molecule has 0 bridgehead atoms. The SMILES string of the molecule is C=C(S(=O)c1ccc(C)cc1)[C@@](C)(CC)[C@H](O)CC. The molecule has 0 aliphatic rings. The molecule has 0 aliphatic carbocycles. The van der Waals surface area contributed by atoms with E-state index in [4.69, 9.17) is 0 Å². The van der Waals surface area contributed by atoms with Gasteiger partial charge in [0, 0.05) is 15.2 Å². The molecule has 0 heterocycles. The van der Waals surface area contributed by atoms with Gasteiger partial charge < -0.3 is 5.11 Å². The van der Waals surface area contributed by atoms with Crippen LogP contribution in [0.2, 0.25) is 0 Å². The van der Waals surface area contributed by atoms with Gasteiger partial charge in [0.05, 0.1) is 16.9 Å². The minimum absolute atomic E-state index is 0.509. The van der Waals surface area contributed by atoms with Crippen LogP contribution in [0.1, 0.15) is 39.2 Å². The summed E-state index contributed by atoms with van der Waals surface area (Å²) in [7, 11) is -1.28. The summed E-state index contributed by atoms with van der Waals surface area (Å²) in [6, 6.07) is 7.62. The quantitative estimate of drug-likeness (QED) is 0.860. The zero-order chi connectivity index (χ0) is 14.6. The maximum atomic E-state index is 12.6. The van der Waals surface area contributed by atoms with Crippen LogP contribution in [0, 0.1) is 12.3 Å². The van der Waals surface area contributed by atoms with Crippen molar-refractivity contribution in [3.63, 3.8) is 0 Å². The smallest absolute Gasteiger partial charge is 0.0808 e. The monoisotopic (exact) mass is 280 g/mol. The van der Waals surface area contributed by atoms with Crippen LogP contribution in [0.3, 0.4) is 0 Å². The van der Waals surface area contributed by atoms with E-state index in [0.717, 1.165) is 16.9 Å². The lowest BCUT2D eigenvalue weighted by atomic mass is 9.80. The van der Waals surface area contributed by atoms with E-state index in [2.05, 4.69) is 6.58 Å². The van der Waals surface area contributed by atoms with E-state index in [1.807, 2.05) is 52.0 Å². The molecule has 2 nitrogen and oxygen atoms in total. The molecule has 0 fully saturated rings. The largest absolute Gasteiger partial charge is 0.392 e. The standard InChI is InChI=1S/C16H24O2S/c1-6-15(17)16(5,7-2)13(4)19(18)14-10-8-12(3)9-11-14/h8-11,15,17H,4,6-7H2,1-3,5H3/t15-,16-,19?/m1/s1. The van der Waals surface area contributed by atoms with Gasteiger partial charge in [0.2, 0.25) is 0 Å². The maximum Gasteiger partial charge on any atom is 0.0808 e. The zero-order valence-electron chi connectivity index (χ0n) is 12.3. The number of aliphatic hydroxyl groups excluding tert-OH is 1. The van der Waals surface area contributed by atoms with Gasteiger partial charge in [-0.25, -0.2) is 4.21 Å². The molecule has 1 aromatic carbocycles. The predicted octanol–water partition coefficient (Wildman–Crippen LogP) is 3.80. The maximum absolute atomic E-state index is 12.6. The Labute approximate surface area is 119 Å². The average molecular weight is 280 g/mol. The van der Waals surface area contributed by atoms with Gasteiger partial charge in [-0.1, -0.05) is 45.0 Å². The van der Waals surface area contributed by atoms with Crippen LogP contribution >= 0.6 is 0 Å². The fourth-order valence-electron chi connectivity index (χ4n) is 2.09. The Kier molecular flexibility index (Phi) is 5.50. The highest BCUT2D eigenvalue weighted by Gasteiger charge is 2.36. The van der Waals surface area contributed by atoms with Crippen molar-refractivity contribution in [2.45, 2.75) is 51.5 Å². The van der Waals surface area contributed by atoms with Crippen LogP contribution in [0.5, 0.6) is 0 Å². The fourth-order valence-corrected chi connectivity index (χ4v) is 3.46. The van der Waals surface area contributed by atoms with Gasteiger partial charge in [0.25, 0.3) is 0 Å². The molecular weight excluding hydrogens is 256 g/mol. The second-order valence-corrected chi connectivity index (χ2v) is 6.70. The number of aliphatic hydroxyl groups is 1. The van der Waals surface area contributed by atoms with E-state index in [1.165, 1.54) is 0 Å². The number of rotatable bonds is 6. The molecule has 106 valence electrons. The molecule has 1 aromatic rings. The van der Waals surface area contributed by atoms with E-state index in [9.17, 15) is 9.32 Å². The van der Waals surface area contributed by atoms with E-state index in [0.29, 0.717) is 11.3 Å². The van der Waals surface area contributed by atoms with Gasteiger partial charge in [0.15, 0.2) is 0 Å². The average Bonchev–Trinajstić information content (AvgIpc) is 2.44.